The summed E-state index contributed by atoms with van der Waals surface area (Å²) in [7, 11) is 3.89. The predicted octanol–water partition coefficient (Wildman–Crippen LogP) is 2.49. The van der Waals surface area contributed by atoms with E-state index in [2.05, 4.69) is 51.8 Å². The van der Waals surface area contributed by atoms with Gasteiger partial charge in [-0.2, -0.15) is 0 Å². The van der Waals surface area contributed by atoms with Crippen molar-refractivity contribution in [2.75, 3.05) is 58.5 Å². The van der Waals surface area contributed by atoms with E-state index in [0.717, 1.165) is 64.7 Å². The lowest BCUT2D eigenvalue weighted by Crippen LogP contribution is -2.41. The number of nitrogens with one attached hydrogen (secondary N) is 2. The number of ether oxygens (including phenoxy) is 2. The van der Waals surface area contributed by atoms with Gasteiger partial charge in [0.15, 0.2) is 5.96 Å². The molecule has 1 atom stereocenters. The number of anilines is 1. The van der Waals surface area contributed by atoms with E-state index in [1.807, 2.05) is 6.07 Å². The van der Waals surface area contributed by atoms with Crippen molar-refractivity contribution in [3.05, 3.63) is 30.3 Å². The van der Waals surface area contributed by atoms with Gasteiger partial charge in [-0.15, -0.1) is 24.0 Å². The van der Waals surface area contributed by atoms with E-state index in [4.69, 9.17) is 9.47 Å². The molecule has 0 saturated carbocycles. The van der Waals surface area contributed by atoms with Crippen molar-refractivity contribution in [1.29, 1.82) is 0 Å². The maximum Gasteiger partial charge on any atom is 0.191 e. The molecule has 0 aromatic heterocycles. The molecule has 1 aromatic rings. The molecule has 1 heterocycles. The number of nitrogens with zero attached hydrogens (tertiary/aromatic N) is 2. The van der Waals surface area contributed by atoms with Crippen LogP contribution in [0, 0.1) is 0 Å². The summed E-state index contributed by atoms with van der Waals surface area (Å²) in [6.07, 6.45) is 3.56. The third kappa shape index (κ3) is 9.05. The van der Waals surface area contributed by atoms with Crippen LogP contribution in [0.15, 0.2) is 35.3 Å². The van der Waals surface area contributed by atoms with Crippen LogP contribution in [0.5, 0.6) is 0 Å². The van der Waals surface area contributed by atoms with Crippen LogP contribution in [0.2, 0.25) is 0 Å². The zero-order valence-corrected chi connectivity index (χ0v) is 18.3. The van der Waals surface area contributed by atoms with Crippen LogP contribution in [0.4, 0.5) is 5.69 Å². The van der Waals surface area contributed by atoms with E-state index < -0.39 is 0 Å². The number of rotatable bonds is 10. The van der Waals surface area contributed by atoms with Crippen molar-refractivity contribution < 1.29 is 9.47 Å². The average molecular weight is 476 g/mol. The van der Waals surface area contributed by atoms with Crippen LogP contribution >= 0.6 is 24.0 Å². The van der Waals surface area contributed by atoms with Gasteiger partial charge in [0.1, 0.15) is 0 Å². The van der Waals surface area contributed by atoms with Crippen LogP contribution in [0.1, 0.15) is 19.3 Å². The number of para-hydroxylation sites is 1. The van der Waals surface area contributed by atoms with Gasteiger partial charge in [-0.1, -0.05) is 18.2 Å². The molecule has 0 bridgehead atoms. The van der Waals surface area contributed by atoms with Gasteiger partial charge in [0.25, 0.3) is 0 Å². The molecule has 1 saturated heterocycles. The summed E-state index contributed by atoms with van der Waals surface area (Å²) in [5.41, 5.74) is 1.22. The molecular weight excluding hydrogens is 443 g/mol. The summed E-state index contributed by atoms with van der Waals surface area (Å²) in [5, 5.41) is 6.66. The number of benzene rings is 1. The first kappa shape index (κ1) is 23.0. The molecule has 0 radical (unpaired) electrons. The smallest absolute Gasteiger partial charge is 0.191 e. The first-order valence-electron chi connectivity index (χ1n) is 9.19. The van der Waals surface area contributed by atoms with Gasteiger partial charge in [-0.05, 0) is 31.4 Å². The maximum atomic E-state index is 5.66. The van der Waals surface area contributed by atoms with Gasteiger partial charge in [-0.3, -0.25) is 4.99 Å². The molecule has 26 heavy (non-hydrogen) atoms. The highest BCUT2D eigenvalue weighted by molar-refractivity contribution is 14.0. The summed E-state index contributed by atoms with van der Waals surface area (Å²) in [6, 6.07) is 10.4. The number of aliphatic imine (C=N–C) groups is 1. The molecule has 1 aromatic carbocycles. The molecule has 1 aliphatic heterocycles. The third-order valence-electron chi connectivity index (χ3n) is 4.25. The van der Waals surface area contributed by atoms with E-state index >= 15 is 0 Å². The van der Waals surface area contributed by atoms with E-state index in [0.29, 0.717) is 6.10 Å². The van der Waals surface area contributed by atoms with Gasteiger partial charge in [0.05, 0.1) is 12.7 Å². The van der Waals surface area contributed by atoms with E-state index in [-0.39, 0.29) is 24.0 Å². The molecule has 0 amide bonds. The maximum absolute atomic E-state index is 5.66. The summed E-state index contributed by atoms with van der Waals surface area (Å²) in [5.74, 6) is 0.834. The molecule has 148 valence electrons. The second-order valence-electron chi connectivity index (χ2n) is 6.25. The van der Waals surface area contributed by atoms with Gasteiger partial charge in [-0.25, -0.2) is 0 Å². The second-order valence-corrected chi connectivity index (χ2v) is 6.25. The van der Waals surface area contributed by atoms with Gasteiger partial charge >= 0.3 is 0 Å². The minimum absolute atomic E-state index is 0. The molecule has 1 aliphatic rings. The van der Waals surface area contributed by atoms with Crippen LogP contribution in [0.25, 0.3) is 0 Å². The Balaban J connectivity index is 0.00000338. The summed E-state index contributed by atoms with van der Waals surface area (Å²) in [6.45, 7) is 4.95. The standard InChI is InChI=1S/C19H32N4O2.HI/c1-20-19(21-11-7-14-24-16-18-10-6-15-25-18)22-12-13-23(2)17-8-4-3-5-9-17;/h3-5,8-9,18H,6-7,10-16H2,1-2H3,(H2,20,21,22);1H. The van der Waals surface area contributed by atoms with Crippen molar-refractivity contribution >= 4 is 35.6 Å². The number of halogens is 1. The van der Waals surface area contributed by atoms with Gasteiger partial charge in [0.2, 0.25) is 0 Å². The quantitative estimate of drug-likeness (QED) is 0.235. The molecule has 1 fully saturated rings. The largest absolute Gasteiger partial charge is 0.379 e. The Bertz CT molecular complexity index is 496. The molecule has 2 N–H and O–H groups in total. The fourth-order valence-electron chi connectivity index (χ4n) is 2.75. The van der Waals surface area contributed by atoms with Crippen molar-refractivity contribution in [2.45, 2.75) is 25.4 Å². The van der Waals surface area contributed by atoms with Crippen molar-refractivity contribution in [3.63, 3.8) is 0 Å². The first-order chi connectivity index (χ1) is 12.3. The molecule has 6 nitrogen and oxygen atoms in total. The van der Waals surface area contributed by atoms with Crippen molar-refractivity contribution in [2.24, 2.45) is 4.99 Å². The Kier molecular flexibility index (Phi) is 12.4. The molecule has 0 aliphatic carbocycles. The SMILES string of the molecule is CN=C(NCCCOCC1CCCO1)NCCN(C)c1ccccc1.I. The highest BCUT2D eigenvalue weighted by Crippen LogP contribution is 2.12. The Morgan fingerprint density at radius 1 is 1.27 bits per heavy atom. The van der Waals surface area contributed by atoms with E-state index in [1.54, 1.807) is 7.05 Å². The number of likely N-dealkylation sites (N-methyl/N-ethyl adjacent to an activating group) is 1. The molecular formula is C19H33IN4O2. The zero-order valence-electron chi connectivity index (χ0n) is 15.9. The first-order valence-corrected chi connectivity index (χ1v) is 9.19. The highest BCUT2D eigenvalue weighted by Gasteiger charge is 2.14. The van der Waals surface area contributed by atoms with Crippen LogP contribution < -0.4 is 15.5 Å². The fourth-order valence-corrected chi connectivity index (χ4v) is 2.75. The third-order valence-corrected chi connectivity index (χ3v) is 4.25. The molecule has 2 rings (SSSR count). The monoisotopic (exact) mass is 476 g/mol. The van der Waals surface area contributed by atoms with Crippen LogP contribution in [-0.4, -0.2) is 65.6 Å². The highest BCUT2D eigenvalue weighted by atomic mass is 127. The fraction of sp³-hybridized carbons (Fsp3) is 0.632. The van der Waals surface area contributed by atoms with Gasteiger partial charge < -0.3 is 25.0 Å². The summed E-state index contributed by atoms with van der Waals surface area (Å²) in [4.78, 5) is 6.47. The summed E-state index contributed by atoms with van der Waals surface area (Å²) < 4.78 is 11.2. The molecule has 1 unspecified atom stereocenters. The number of hydrogen-bond acceptors (Lipinski definition) is 4. The van der Waals surface area contributed by atoms with Crippen molar-refractivity contribution in [1.82, 2.24) is 10.6 Å². The van der Waals surface area contributed by atoms with Gasteiger partial charge in [0, 0.05) is 52.6 Å². The predicted molar refractivity (Wildman–Crippen MR) is 119 cm³/mol. The number of guanidine groups is 1. The normalized spacial score (nSPS) is 16.8. The van der Waals surface area contributed by atoms with E-state index in [1.165, 1.54) is 5.69 Å². The second kappa shape index (κ2) is 14.1. The van der Waals surface area contributed by atoms with E-state index in [9.17, 15) is 0 Å². The molecule has 0 spiro atoms. The Hall–Kier alpha value is -1.06. The minimum Gasteiger partial charge on any atom is -0.379 e. The topological polar surface area (TPSA) is 58.1 Å². The lowest BCUT2D eigenvalue weighted by atomic mass is 10.2. The zero-order chi connectivity index (χ0) is 17.7. The van der Waals surface area contributed by atoms with Crippen molar-refractivity contribution in [3.8, 4) is 0 Å². The number of hydrogen-bond donors (Lipinski definition) is 2. The Morgan fingerprint density at radius 2 is 2.04 bits per heavy atom. The minimum atomic E-state index is 0. The van der Waals surface area contributed by atoms with Crippen LogP contribution in [-0.2, 0) is 9.47 Å². The van der Waals surface area contributed by atoms with Crippen LogP contribution in [0.3, 0.4) is 0 Å². The molecule has 7 heteroatoms. The lowest BCUT2D eigenvalue weighted by molar-refractivity contribution is 0.0168. The lowest BCUT2D eigenvalue weighted by Gasteiger charge is -2.20. The summed E-state index contributed by atoms with van der Waals surface area (Å²) >= 11 is 0. The Morgan fingerprint density at radius 3 is 2.73 bits per heavy atom. The Labute approximate surface area is 174 Å². The average Bonchev–Trinajstić information content (AvgIpc) is 3.17.